The molecule has 1 fully saturated rings. The summed E-state index contributed by atoms with van der Waals surface area (Å²) in [5.74, 6) is 0.478. The normalized spacial score (nSPS) is 16.6. The smallest absolute Gasteiger partial charge is 0.469 e. The Hall–Kier alpha value is -0.830. The largest absolute Gasteiger partial charge is 0.511 e. The molecule has 1 aliphatic rings. The van der Waals surface area contributed by atoms with Gasteiger partial charge in [-0.1, -0.05) is 12.8 Å². The van der Waals surface area contributed by atoms with E-state index in [0.29, 0.717) is 42.6 Å². The predicted octanol–water partition coefficient (Wildman–Crippen LogP) is 2.45. The highest BCUT2D eigenvalue weighted by Gasteiger charge is 2.50. The third-order valence-corrected chi connectivity index (χ3v) is 6.45. The molecular weight excluding hydrogens is 540 g/mol. The molecule has 1 aliphatic heterocycles. The lowest BCUT2D eigenvalue weighted by molar-refractivity contribution is -0.140. The number of carbonyl (C=O) groups is 1. The number of rotatable bonds is 10. The number of hydrogen-bond acceptors (Lipinski definition) is 5. The van der Waals surface area contributed by atoms with Gasteiger partial charge < -0.3 is 15.4 Å². The number of piperidine rings is 1. The van der Waals surface area contributed by atoms with Gasteiger partial charge in [0, 0.05) is 39.6 Å². The molecule has 0 aromatic heterocycles. The Labute approximate surface area is 193 Å². The van der Waals surface area contributed by atoms with E-state index in [2.05, 4.69) is 20.4 Å². The van der Waals surface area contributed by atoms with Gasteiger partial charge in [-0.05, 0) is 31.6 Å². The van der Waals surface area contributed by atoms with Crippen LogP contribution in [-0.4, -0.2) is 70.5 Å². The maximum absolute atomic E-state index is 12.6. The highest BCUT2D eigenvalue weighted by molar-refractivity contribution is 14.0. The van der Waals surface area contributed by atoms with Crippen molar-refractivity contribution in [3.8, 4) is 0 Å². The van der Waals surface area contributed by atoms with Crippen LogP contribution in [0.4, 0.5) is 13.2 Å². The van der Waals surface area contributed by atoms with E-state index in [9.17, 15) is 26.4 Å². The Morgan fingerprint density at radius 3 is 2.27 bits per heavy atom. The number of aliphatic imine (C=N–C) groups is 1. The maximum Gasteiger partial charge on any atom is 0.511 e. The van der Waals surface area contributed by atoms with Gasteiger partial charge in [0.25, 0.3) is 0 Å². The Kier molecular flexibility index (Phi) is 13.9. The predicted molar refractivity (Wildman–Crippen MR) is 119 cm³/mol. The number of ether oxygens (including phenoxy) is 1. The van der Waals surface area contributed by atoms with Crippen molar-refractivity contribution in [3.05, 3.63) is 0 Å². The van der Waals surface area contributed by atoms with Crippen LogP contribution in [0, 0.1) is 5.92 Å². The first-order valence-electron chi connectivity index (χ1n) is 9.69. The van der Waals surface area contributed by atoms with Crippen molar-refractivity contribution in [1.82, 2.24) is 14.9 Å². The molecule has 1 heterocycles. The van der Waals surface area contributed by atoms with E-state index in [-0.39, 0.29) is 49.0 Å². The van der Waals surface area contributed by atoms with Gasteiger partial charge in [0.15, 0.2) is 5.96 Å². The van der Waals surface area contributed by atoms with Crippen LogP contribution < -0.4 is 10.6 Å². The second kappa shape index (κ2) is 14.3. The number of nitrogens with zero attached hydrogens (tertiary/aromatic N) is 2. The van der Waals surface area contributed by atoms with E-state index >= 15 is 0 Å². The number of halogens is 4. The van der Waals surface area contributed by atoms with Crippen molar-refractivity contribution in [1.29, 1.82) is 0 Å². The molecule has 2 N–H and O–H groups in total. The molecule has 13 heteroatoms. The maximum atomic E-state index is 12.6. The van der Waals surface area contributed by atoms with E-state index in [1.807, 2.05) is 0 Å². The molecule has 0 aromatic carbocycles. The molecule has 1 rings (SSSR count). The number of esters is 1. The summed E-state index contributed by atoms with van der Waals surface area (Å²) in [5.41, 5.74) is -5.25. The molecule has 0 amide bonds. The lowest BCUT2D eigenvalue weighted by atomic mass is 9.98. The van der Waals surface area contributed by atoms with Gasteiger partial charge in [0.05, 0.1) is 7.11 Å². The topological polar surface area (TPSA) is 100 Å². The van der Waals surface area contributed by atoms with Crippen molar-refractivity contribution < 1.29 is 31.1 Å². The molecular formula is C17H32F3IN4O4S. The van der Waals surface area contributed by atoms with Gasteiger partial charge in [0.1, 0.15) is 0 Å². The summed E-state index contributed by atoms with van der Waals surface area (Å²) in [4.78, 5) is 15.1. The van der Waals surface area contributed by atoms with E-state index in [1.54, 1.807) is 7.05 Å². The fraction of sp³-hybridized carbons (Fsp3) is 0.882. The average molecular weight is 572 g/mol. The fourth-order valence-corrected chi connectivity index (χ4v) is 4.00. The van der Waals surface area contributed by atoms with Crippen LogP contribution in [0.2, 0.25) is 0 Å². The average Bonchev–Trinajstić information content (AvgIpc) is 2.68. The van der Waals surface area contributed by atoms with Crippen LogP contribution in [0.1, 0.15) is 44.9 Å². The Morgan fingerprint density at radius 1 is 1.13 bits per heavy atom. The van der Waals surface area contributed by atoms with E-state index in [1.165, 1.54) is 7.11 Å². The summed E-state index contributed by atoms with van der Waals surface area (Å²) < 4.78 is 65.7. The number of alkyl halides is 3. The monoisotopic (exact) mass is 572 g/mol. The zero-order chi connectivity index (χ0) is 21.9. The summed E-state index contributed by atoms with van der Waals surface area (Å²) in [7, 11) is -2.23. The summed E-state index contributed by atoms with van der Waals surface area (Å²) in [5, 5.41) is 6.30. The summed E-state index contributed by atoms with van der Waals surface area (Å²) in [6.45, 7) is 0.955. The van der Waals surface area contributed by atoms with Gasteiger partial charge >= 0.3 is 21.5 Å². The third kappa shape index (κ3) is 9.98. The minimum Gasteiger partial charge on any atom is -0.469 e. The Balaban J connectivity index is 0.00000841. The van der Waals surface area contributed by atoms with Gasteiger partial charge in [-0.3, -0.25) is 9.79 Å². The second-order valence-corrected chi connectivity index (χ2v) is 8.84. The number of sulfonamides is 1. The van der Waals surface area contributed by atoms with Gasteiger partial charge in [-0.25, -0.2) is 8.42 Å². The second-order valence-electron chi connectivity index (χ2n) is 6.91. The number of carbonyl (C=O) groups excluding carboxylic acids is 1. The van der Waals surface area contributed by atoms with Crippen LogP contribution in [0.5, 0.6) is 0 Å². The first-order valence-corrected chi connectivity index (χ1v) is 11.1. The summed E-state index contributed by atoms with van der Waals surface area (Å²) in [6, 6.07) is 0. The highest BCUT2D eigenvalue weighted by atomic mass is 127. The quantitative estimate of drug-likeness (QED) is 0.137. The first-order chi connectivity index (χ1) is 13.6. The van der Waals surface area contributed by atoms with Crippen LogP contribution >= 0.6 is 24.0 Å². The highest BCUT2D eigenvalue weighted by Crippen LogP contribution is 2.30. The van der Waals surface area contributed by atoms with Crippen molar-refractivity contribution >= 4 is 45.9 Å². The SMILES string of the molecule is CN=C(NCCCCCCC(=O)OC)NCC1CCN(S(=O)(=O)C(F)(F)F)CC1.I. The van der Waals surface area contributed by atoms with Crippen molar-refractivity contribution in [2.24, 2.45) is 10.9 Å². The lowest BCUT2D eigenvalue weighted by Gasteiger charge is -2.31. The third-order valence-electron chi connectivity index (χ3n) is 4.82. The zero-order valence-corrected chi connectivity index (χ0v) is 20.5. The number of hydrogen-bond donors (Lipinski definition) is 2. The number of methoxy groups -OCH3 is 1. The Bertz CT molecular complexity index is 639. The number of guanidine groups is 1. The van der Waals surface area contributed by atoms with E-state index in [0.717, 1.165) is 25.7 Å². The number of unbranched alkanes of at least 4 members (excludes halogenated alkanes) is 3. The fourth-order valence-electron chi connectivity index (χ4n) is 3.02. The molecule has 0 radical (unpaired) electrons. The zero-order valence-electron chi connectivity index (χ0n) is 17.3. The molecule has 178 valence electrons. The van der Waals surface area contributed by atoms with Gasteiger partial charge in [-0.15, -0.1) is 24.0 Å². The van der Waals surface area contributed by atoms with Crippen molar-refractivity contribution in [3.63, 3.8) is 0 Å². The molecule has 8 nitrogen and oxygen atoms in total. The van der Waals surface area contributed by atoms with Crippen molar-refractivity contribution in [2.75, 3.05) is 40.3 Å². The molecule has 30 heavy (non-hydrogen) atoms. The van der Waals surface area contributed by atoms with Crippen LogP contribution in [0.25, 0.3) is 0 Å². The van der Waals surface area contributed by atoms with Crippen LogP contribution in [0.15, 0.2) is 4.99 Å². The van der Waals surface area contributed by atoms with Crippen LogP contribution in [-0.2, 0) is 19.6 Å². The van der Waals surface area contributed by atoms with E-state index < -0.39 is 15.5 Å². The molecule has 1 saturated heterocycles. The van der Waals surface area contributed by atoms with E-state index in [4.69, 9.17) is 0 Å². The standard InChI is InChI=1S/C17H31F3N4O4S.HI/c1-21-16(22-10-6-4-3-5-7-15(25)28-2)23-13-14-8-11-24(12-9-14)29(26,27)17(18,19)20;/h14H,3-13H2,1-2H3,(H2,21,22,23);1H. The summed E-state index contributed by atoms with van der Waals surface area (Å²) in [6.07, 6.45) is 4.75. The molecule has 0 saturated carbocycles. The molecule has 0 spiro atoms. The molecule has 0 aromatic rings. The van der Waals surface area contributed by atoms with Crippen LogP contribution in [0.3, 0.4) is 0 Å². The first kappa shape index (κ1) is 29.2. The van der Waals surface area contributed by atoms with Gasteiger partial charge in [0.2, 0.25) is 0 Å². The Morgan fingerprint density at radius 2 is 1.73 bits per heavy atom. The summed E-state index contributed by atoms with van der Waals surface area (Å²) >= 11 is 0. The lowest BCUT2D eigenvalue weighted by Crippen LogP contribution is -2.47. The minimum atomic E-state index is -5.25. The molecule has 0 bridgehead atoms. The molecule has 0 atom stereocenters. The van der Waals surface area contributed by atoms with Crippen molar-refractivity contribution in [2.45, 2.75) is 50.5 Å². The molecule has 0 aliphatic carbocycles. The molecule has 0 unspecified atom stereocenters. The number of nitrogens with one attached hydrogen (secondary N) is 2. The van der Waals surface area contributed by atoms with Gasteiger partial charge in [-0.2, -0.15) is 17.5 Å². The minimum absolute atomic E-state index is 0.